The Morgan fingerprint density at radius 2 is 1.24 bits per heavy atom. The Kier molecular flexibility index (Phi) is 19.9. The van der Waals surface area contributed by atoms with E-state index in [9.17, 15) is 56.6 Å². The maximum absolute atomic E-state index is 13.1. The minimum Gasteiger partial charge on any atom is -0.387 e. The second-order valence-electron chi connectivity index (χ2n) is 15.0. The summed E-state index contributed by atoms with van der Waals surface area (Å²) in [5.74, 6) is 9.99. The summed E-state index contributed by atoms with van der Waals surface area (Å²) in [7, 11) is -32.5. The predicted molar refractivity (Wildman–Crippen MR) is 254 cm³/mol. The Morgan fingerprint density at radius 1 is 0.743 bits per heavy atom. The van der Waals surface area contributed by atoms with Crippen LogP contribution >= 0.6 is 68.5 Å². The van der Waals surface area contributed by atoms with Crippen LogP contribution in [-0.2, 0) is 72.6 Å². The highest BCUT2D eigenvalue weighted by molar-refractivity contribution is 8.76. The van der Waals surface area contributed by atoms with Crippen molar-refractivity contribution in [1.29, 1.82) is 0 Å². The number of hydrogen-bond donors (Lipinski definition) is 12. The van der Waals surface area contributed by atoms with Crippen molar-refractivity contribution in [1.82, 2.24) is 19.1 Å². The monoisotopic (exact) mass is 1210 g/mol. The number of carbonyl (C=O) groups is 1. The topological polar surface area (TPSA) is 520 Å². The Bertz CT molecular complexity index is 3140. The van der Waals surface area contributed by atoms with Gasteiger partial charge >= 0.3 is 46.9 Å². The van der Waals surface area contributed by atoms with E-state index in [0.717, 1.165) is 21.6 Å². The second kappa shape index (κ2) is 24.4. The molecule has 6 heterocycles. The van der Waals surface area contributed by atoms with Gasteiger partial charge in [-0.05, 0) is 0 Å². The molecular formula is C32H44N8O26P6S2. The van der Waals surface area contributed by atoms with E-state index in [1.54, 1.807) is 6.92 Å². The minimum atomic E-state index is -5.90. The molecule has 74 heavy (non-hydrogen) atoms. The van der Waals surface area contributed by atoms with E-state index in [4.69, 9.17) is 64.8 Å². The van der Waals surface area contributed by atoms with Crippen LogP contribution in [0.5, 0.6) is 0 Å². The van der Waals surface area contributed by atoms with Gasteiger partial charge in [-0.15, -0.1) is 0 Å². The number of aromatic nitrogens is 4. The molecule has 42 heteroatoms. The maximum atomic E-state index is 13.1. The van der Waals surface area contributed by atoms with Crippen molar-refractivity contribution in [3.05, 3.63) is 39.4 Å². The SMILES string of the molecule is CCC#Cc1cn([C@H]2C[C@@H](OCSSCO[C@@H]3C[C@H](n4cc(C#CCN)c5c4N=C(N)CC5=O)O[C@@H]3COP(=O)(O)OP(=O)(O)OP(=O)(O)O)[C@@H](COP(=O)(O)OP(=O)(O)OP(=O)(O)O)O2)c2nc(N)[nH]c(=O)c12. The van der Waals surface area contributed by atoms with Crippen LogP contribution in [0.25, 0.3) is 11.0 Å². The number of nitrogens with two attached hydrogens (primary N) is 3. The molecule has 2 fully saturated rings. The van der Waals surface area contributed by atoms with E-state index in [2.05, 4.69) is 55.9 Å². The van der Waals surface area contributed by atoms with E-state index in [1.807, 2.05) is 0 Å². The maximum Gasteiger partial charge on any atom is 0.490 e. The molecule has 15 N–H and O–H groups in total. The molecule has 6 rings (SSSR count). The van der Waals surface area contributed by atoms with Crippen molar-refractivity contribution in [2.75, 3.05) is 37.4 Å². The number of aromatic amines is 1. The van der Waals surface area contributed by atoms with Crippen LogP contribution in [0.15, 0.2) is 22.2 Å². The number of nitrogens with zero attached hydrogens (tertiary/aromatic N) is 4. The third kappa shape index (κ3) is 16.8. The number of phosphoric ester groups is 2. The number of aliphatic imine (C=N–C) groups is 1. The van der Waals surface area contributed by atoms with Gasteiger partial charge in [0.2, 0.25) is 5.95 Å². The number of Topliss-reactive ketones (excluding diaryl/α,β-unsaturated/α-hetero) is 1. The summed E-state index contributed by atoms with van der Waals surface area (Å²) in [6.45, 7) is -0.179. The molecule has 0 spiro atoms. The first kappa shape index (κ1) is 60.3. The quantitative estimate of drug-likeness (QED) is 0.0212. The third-order valence-corrected chi connectivity index (χ3v) is 19.0. The largest absolute Gasteiger partial charge is 0.490 e. The van der Waals surface area contributed by atoms with Crippen molar-refractivity contribution < 1.29 is 117 Å². The van der Waals surface area contributed by atoms with Gasteiger partial charge in [-0.3, -0.25) is 23.6 Å². The normalized spacial score (nSPS) is 24.4. The molecule has 410 valence electrons. The summed E-state index contributed by atoms with van der Waals surface area (Å²) in [5, 5.41) is 0.0442. The van der Waals surface area contributed by atoms with Gasteiger partial charge in [0.25, 0.3) is 5.56 Å². The molecule has 0 radical (unpaired) electrons. The lowest BCUT2D eigenvalue weighted by Crippen LogP contribution is -2.29. The van der Waals surface area contributed by atoms with Crippen LogP contribution in [0.2, 0.25) is 0 Å². The Labute approximate surface area is 423 Å². The molecule has 0 amide bonds. The molecular weight excluding hydrogens is 1160 g/mol. The fraction of sp³-hybridized carbons (Fsp3) is 0.500. The van der Waals surface area contributed by atoms with Crippen molar-refractivity contribution in [3.63, 3.8) is 0 Å². The molecule has 3 aromatic rings. The van der Waals surface area contributed by atoms with Crippen LogP contribution in [0.3, 0.4) is 0 Å². The number of amidine groups is 1. The first-order valence-electron chi connectivity index (χ1n) is 20.4. The van der Waals surface area contributed by atoms with E-state index in [1.165, 1.54) is 21.5 Å². The van der Waals surface area contributed by atoms with E-state index < -0.39 is 108 Å². The summed E-state index contributed by atoms with van der Waals surface area (Å²) >= 11 is 0. The zero-order chi connectivity index (χ0) is 54.6. The fourth-order valence-corrected chi connectivity index (χ4v) is 14.5. The molecule has 4 unspecified atom stereocenters. The molecule has 10 atom stereocenters. The Morgan fingerprint density at radius 3 is 1.74 bits per heavy atom. The van der Waals surface area contributed by atoms with Crippen LogP contribution in [0.1, 0.15) is 66.5 Å². The number of phosphoric acid groups is 6. The highest BCUT2D eigenvalue weighted by Crippen LogP contribution is 2.67. The number of ether oxygens (including phenoxy) is 4. The molecule has 0 aliphatic carbocycles. The number of nitrogens with one attached hydrogen (secondary N) is 1. The van der Waals surface area contributed by atoms with Gasteiger partial charge in [-0.1, -0.05) is 52.2 Å². The van der Waals surface area contributed by atoms with Crippen LogP contribution < -0.4 is 22.8 Å². The summed E-state index contributed by atoms with van der Waals surface area (Å²) in [6.07, 6.45) is -4.17. The van der Waals surface area contributed by atoms with Crippen molar-refractivity contribution in [2.45, 2.75) is 69.5 Å². The number of hydrogen-bond acceptors (Lipinski definition) is 25. The third-order valence-electron chi connectivity index (χ3n) is 9.66. The van der Waals surface area contributed by atoms with Crippen molar-refractivity contribution in [2.24, 2.45) is 16.5 Å². The summed E-state index contributed by atoms with van der Waals surface area (Å²) in [5.41, 5.74) is 17.3. The molecule has 0 saturated carbocycles. The first-order chi connectivity index (χ1) is 34.4. The van der Waals surface area contributed by atoms with Crippen LogP contribution in [0, 0.1) is 23.7 Å². The molecule has 2 saturated heterocycles. The number of anilines is 1. The molecule has 3 aromatic heterocycles. The predicted octanol–water partition coefficient (Wildman–Crippen LogP) is 1.78. The number of fused-ring (bicyclic) bond motifs is 2. The smallest absolute Gasteiger partial charge is 0.387 e. The minimum absolute atomic E-state index is 0.0206. The summed E-state index contributed by atoms with van der Waals surface area (Å²) < 4.78 is 124. The second-order valence-corrected chi connectivity index (χ2v) is 26.2. The lowest BCUT2D eigenvalue weighted by atomic mass is 10.0. The molecule has 34 nitrogen and oxygen atoms in total. The number of H-pyrrole nitrogens is 1. The lowest BCUT2D eigenvalue weighted by molar-refractivity contribution is -0.0527. The van der Waals surface area contributed by atoms with Gasteiger partial charge in [0.15, 0.2) is 11.4 Å². The average molecular weight is 1210 g/mol. The van der Waals surface area contributed by atoms with Crippen molar-refractivity contribution in [3.8, 4) is 23.7 Å². The number of rotatable bonds is 23. The van der Waals surface area contributed by atoms with E-state index in [0.29, 0.717) is 6.42 Å². The first-order valence-corrected chi connectivity index (χ1v) is 31.9. The van der Waals surface area contributed by atoms with Gasteiger partial charge in [-0.25, -0.2) is 32.4 Å². The van der Waals surface area contributed by atoms with Gasteiger partial charge in [0.05, 0.1) is 60.5 Å². The highest BCUT2D eigenvalue weighted by Gasteiger charge is 2.46. The number of ketones is 1. The highest BCUT2D eigenvalue weighted by atomic mass is 33.1. The molecule has 0 aromatic carbocycles. The van der Waals surface area contributed by atoms with E-state index >= 15 is 0 Å². The van der Waals surface area contributed by atoms with Gasteiger partial charge in [0.1, 0.15) is 48.2 Å². The lowest BCUT2D eigenvalue weighted by Gasteiger charge is -2.22. The van der Waals surface area contributed by atoms with E-state index in [-0.39, 0.29) is 83.0 Å². The Balaban J connectivity index is 1.17. The van der Waals surface area contributed by atoms with Gasteiger partial charge in [-0.2, -0.15) is 22.2 Å². The zero-order valence-electron chi connectivity index (χ0n) is 37.4. The number of carbonyl (C=O) groups excluding carboxylic acids is 1. The zero-order valence-corrected chi connectivity index (χ0v) is 44.4. The van der Waals surface area contributed by atoms with Crippen LogP contribution in [-0.4, -0.2) is 126 Å². The van der Waals surface area contributed by atoms with Crippen molar-refractivity contribution >= 4 is 103 Å². The molecule has 3 aliphatic rings. The summed E-state index contributed by atoms with van der Waals surface area (Å²) in [6, 6.07) is 0. The average Bonchev–Trinajstić information content (AvgIpc) is 4.02. The summed E-state index contributed by atoms with van der Waals surface area (Å²) in [4.78, 5) is 112. The standard InChI is InChI=1S/C32H44N8O26P6S2/c1-2-3-5-18-12-40(30-28(18)31(42)38-32(35)37-30)26-10-21(23(62-26)14-60-70(51,52)66-72(55,56)64-68(46,47)48)58-16-74-73-15-57-20-9-25(39-11-17(6-4-7-33)27-19(41)8-24(34)36-29(27)39)61-22(20)13-59-69(49,50)65-71(53,54)63-67(43,44)45/h11-12,20-23,25-26H,2,7-10,13-16,33H2,1H3,(H2,34,36)(H,49,50)(H,51,52)(H,53,54)(H,55,56)(H2,43,44,45)(H2,46,47,48)(H3,35,37,38,42)/t20-,21-,22-,23-,25-,26-/m1/s1. The van der Waals surface area contributed by atoms with Gasteiger partial charge < -0.3 is 84.4 Å². The molecule has 3 aliphatic heterocycles. The number of nitrogen functional groups attached to an aromatic ring is 1. The van der Waals surface area contributed by atoms with Gasteiger partial charge in [0, 0.05) is 31.7 Å². The van der Waals surface area contributed by atoms with Crippen LogP contribution in [0.4, 0.5) is 11.8 Å². The molecule has 0 bridgehead atoms. The Hall–Kier alpha value is -2.92. The fourth-order valence-electron chi connectivity index (χ4n) is 7.10.